The number of aliphatic hydroxyl groups excluding tert-OH is 1. The first-order valence-corrected chi connectivity index (χ1v) is 5.82. The van der Waals surface area contributed by atoms with Gasteiger partial charge in [0.25, 0.3) is 0 Å². The van der Waals surface area contributed by atoms with Gasteiger partial charge < -0.3 is 14.4 Å². The second kappa shape index (κ2) is 4.81. The van der Waals surface area contributed by atoms with Gasteiger partial charge in [0.05, 0.1) is 25.3 Å². The van der Waals surface area contributed by atoms with Crippen LogP contribution in [0.25, 0.3) is 0 Å². The summed E-state index contributed by atoms with van der Waals surface area (Å²) in [7, 11) is 3.43. The molecule has 0 saturated heterocycles. The molecule has 6 heteroatoms. The monoisotopic (exact) mass is 250 g/mol. The Bertz CT molecular complexity index is 530. The van der Waals surface area contributed by atoms with Gasteiger partial charge in [-0.15, -0.1) is 0 Å². The number of hydrogen-bond donors (Lipinski definition) is 1. The zero-order valence-corrected chi connectivity index (χ0v) is 11.0. The molecule has 0 spiro atoms. The summed E-state index contributed by atoms with van der Waals surface area (Å²) in [6.07, 6.45) is 4.20. The first-order chi connectivity index (χ1) is 8.54. The van der Waals surface area contributed by atoms with Crippen LogP contribution in [-0.2, 0) is 7.05 Å². The van der Waals surface area contributed by atoms with Crippen molar-refractivity contribution in [1.82, 2.24) is 19.3 Å². The normalized spacial score (nSPS) is 13.0. The SMILES string of the molecule is COc1cnn(C(C)C)c1C(O)c1cn(C)cn1. The van der Waals surface area contributed by atoms with Crippen LogP contribution in [0, 0.1) is 0 Å². The molecule has 0 aromatic carbocycles. The van der Waals surface area contributed by atoms with Crippen LogP contribution in [-0.4, -0.2) is 31.5 Å². The molecular formula is C12H18N4O2. The van der Waals surface area contributed by atoms with Crippen molar-refractivity contribution in [3.63, 3.8) is 0 Å². The molecule has 2 rings (SSSR count). The zero-order chi connectivity index (χ0) is 13.3. The van der Waals surface area contributed by atoms with Gasteiger partial charge in [0, 0.05) is 19.3 Å². The van der Waals surface area contributed by atoms with Gasteiger partial charge in [-0.05, 0) is 13.8 Å². The molecule has 0 radical (unpaired) electrons. The highest BCUT2D eigenvalue weighted by atomic mass is 16.5. The number of hydrogen-bond acceptors (Lipinski definition) is 4. The summed E-state index contributed by atoms with van der Waals surface area (Å²) in [4.78, 5) is 4.16. The third kappa shape index (κ3) is 2.11. The maximum absolute atomic E-state index is 10.4. The fourth-order valence-corrected chi connectivity index (χ4v) is 1.90. The van der Waals surface area contributed by atoms with Crippen LogP contribution in [0.2, 0.25) is 0 Å². The van der Waals surface area contributed by atoms with Crippen molar-refractivity contribution in [3.8, 4) is 5.75 Å². The number of methoxy groups -OCH3 is 1. The number of imidazole rings is 1. The maximum atomic E-state index is 10.4. The van der Waals surface area contributed by atoms with Crippen molar-refractivity contribution < 1.29 is 9.84 Å². The Kier molecular flexibility index (Phi) is 3.38. The molecule has 98 valence electrons. The molecule has 6 nitrogen and oxygen atoms in total. The molecule has 1 unspecified atom stereocenters. The van der Waals surface area contributed by atoms with Crippen molar-refractivity contribution in [1.29, 1.82) is 0 Å². The lowest BCUT2D eigenvalue weighted by Gasteiger charge is -2.15. The molecule has 0 bridgehead atoms. The molecule has 18 heavy (non-hydrogen) atoms. The number of nitrogens with zero attached hydrogens (tertiary/aromatic N) is 4. The van der Waals surface area contributed by atoms with Crippen LogP contribution < -0.4 is 4.74 Å². The lowest BCUT2D eigenvalue weighted by molar-refractivity contribution is 0.195. The summed E-state index contributed by atoms with van der Waals surface area (Å²) in [6, 6.07) is 0.141. The number of aryl methyl sites for hydroxylation is 1. The average molecular weight is 250 g/mol. The molecular weight excluding hydrogens is 232 g/mol. The first-order valence-electron chi connectivity index (χ1n) is 5.82. The largest absolute Gasteiger partial charge is 0.493 e. The molecule has 2 aromatic heterocycles. The molecule has 0 saturated carbocycles. The minimum Gasteiger partial charge on any atom is -0.493 e. The van der Waals surface area contributed by atoms with E-state index in [1.54, 1.807) is 35.1 Å². The average Bonchev–Trinajstić information content (AvgIpc) is 2.93. The second-order valence-electron chi connectivity index (χ2n) is 4.50. The third-order valence-electron chi connectivity index (χ3n) is 2.77. The predicted octanol–water partition coefficient (Wildman–Crippen LogP) is 1.29. The quantitative estimate of drug-likeness (QED) is 0.888. The van der Waals surface area contributed by atoms with Gasteiger partial charge in [-0.1, -0.05) is 0 Å². The highest BCUT2D eigenvalue weighted by molar-refractivity contribution is 5.32. The van der Waals surface area contributed by atoms with Crippen LogP contribution in [0.5, 0.6) is 5.75 Å². The first kappa shape index (κ1) is 12.6. The Morgan fingerprint density at radius 2 is 2.11 bits per heavy atom. The summed E-state index contributed by atoms with van der Waals surface area (Å²) in [5, 5.41) is 14.7. The lowest BCUT2D eigenvalue weighted by atomic mass is 10.2. The topological polar surface area (TPSA) is 65.1 Å². The van der Waals surface area contributed by atoms with E-state index < -0.39 is 6.10 Å². The third-order valence-corrected chi connectivity index (χ3v) is 2.77. The van der Waals surface area contributed by atoms with E-state index in [-0.39, 0.29) is 6.04 Å². The summed E-state index contributed by atoms with van der Waals surface area (Å²) in [5.41, 5.74) is 1.21. The number of aromatic nitrogens is 4. The van der Waals surface area contributed by atoms with Gasteiger partial charge in [-0.2, -0.15) is 5.10 Å². The number of aliphatic hydroxyl groups is 1. The molecule has 0 aliphatic rings. The van der Waals surface area contributed by atoms with E-state index in [1.807, 2.05) is 20.9 Å². The highest BCUT2D eigenvalue weighted by Gasteiger charge is 2.24. The van der Waals surface area contributed by atoms with E-state index in [4.69, 9.17) is 4.74 Å². The van der Waals surface area contributed by atoms with Crippen molar-refractivity contribution in [2.75, 3.05) is 7.11 Å². The zero-order valence-electron chi connectivity index (χ0n) is 11.0. The standard InChI is InChI=1S/C12H18N4O2/c1-8(2)16-11(10(18-4)5-14-16)12(17)9-6-15(3)7-13-9/h5-8,12,17H,1-4H3. The molecule has 2 heterocycles. The van der Waals surface area contributed by atoms with Gasteiger partial charge in [-0.25, -0.2) is 4.98 Å². The smallest absolute Gasteiger partial charge is 0.163 e. The number of ether oxygens (including phenoxy) is 1. The van der Waals surface area contributed by atoms with Gasteiger partial charge >= 0.3 is 0 Å². The maximum Gasteiger partial charge on any atom is 0.163 e. The van der Waals surface area contributed by atoms with E-state index in [0.717, 1.165) is 0 Å². The van der Waals surface area contributed by atoms with E-state index in [9.17, 15) is 5.11 Å². The highest BCUT2D eigenvalue weighted by Crippen LogP contribution is 2.30. The van der Waals surface area contributed by atoms with Crippen molar-refractivity contribution in [3.05, 3.63) is 30.1 Å². The fourth-order valence-electron chi connectivity index (χ4n) is 1.90. The summed E-state index contributed by atoms with van der Waals surface area (Å²) in [6.45, 7) is 4.00. The van der Waals surface area contributed by atoms with Crippen LogP contribution in [0.3, 0.4) is 0 Å². The minimum atomic E-state index is -0.842. The molecule has 2 aromatic rings. The Morgan fingerprint density at radius 1 is 1.39 bits per heavy atom. The molecule has 1 atom stereocenters. The molecule has 0 aliphatic carbocycles. The van der Waals surface area contributed by atoms with E-state index in [0.29, 0.717) is 17.1 Å². The molecule has 0 aliphatic heterocycles. The second-order valence-corrected chi connectivity index (χ2v) is 4.50. The fraction of sp³-hybridized carbons (Fsp3) is 0.500. The van der Waals surface area contributed by atoms with Crippen molar-refractivity contribution in [2.24, 2.45) is 7.05 Å². The van der Waals surface area contributed by atoms with E-state index in [1.165, 1.54) is 0 Å². The van der Waals surface area contributed by atoms with Crippen LogP contribution in [0.15, 0.2) is 18.7 Å². The predicted molar refractivity (Wildman–Crippen MR) is 66.4 cm³/mol. The summed E-state index contributed by atoms with van der Waals surface area (Å²) < 4.78 is 8.79. The molecule has 0 fully saturated rings. The van der Waals surface area contributed by atoms with Gasteiger partial charge in [-0.3, -0.25) is 4.68 Å². The Morgan fingerprint density at radius 3 is 2.61 bits per heavy atom. The molecule has 0 amide bonds. The lowest BCUT2D eigenvalue weighted by Crippen LogP contribution is -2.13. The minimum absolute atomic E-state index is 0.141. The van der Waals surface area contributed by atoms with Gasteiger partial charge in [0.1, 0.15) is 11.8 Å². The van der Waals surface area contributed by atoms with E-state index in [2.05, 4.69) is 10.1 Å². The summed E-state index contributed by atoms with van der Waals surface area (Å²) in [5.74, 6) is 0.571. The Labute approximate surface area is 106 Å². The van der Waals surface area contributed by atoms with Crippen molar-refractivity contribution >= 4 is 0 Å². The van der Waals surface area contributed by atoms with Gasteiger partial charge in [0.15, 0.2) is 5.75 Å². The van der Waals surface area contributed by atoms with Crippen molar-refractivity contribution in [2.45, 2.75) is 26.0 Å². The van der Waals surface area contributed by atoms with Crippen LogP contribution in [0.4, 0.5) is 0 Å². The molecule has 1 N–H and O–H groups in total. The Hall–Kier alpha value is -1.82. The van der Waals surface area contributed by atoms with Crippen LogP contribution >= 0.6 is 0 Å². The Balaban J connectivity index is 2.45. The van der Waals surface area contributed by atoms with Crippen LogP contribution in [0.1, 0.15) is 37.4 Å². The van der Waals surface area contributed by atoms with Gasteiger partial charge in [0.2, 0.25) is 0 Å². The number of rotatable bonds is 4. The summed E-state index contributed by atoms with van der Waals surface area (Å²) >= 11 is 0. The van der Waals surface area contributed by atoms with E-state index >= 15 is 0 Å².